The van der Waals surface area contributed by atoms with Gasteiger partial charge in [-0.2, -0.15) is 0 Å². The maximum absolute atomic E-state index is 5.38. The number of H-pyrrole nitrogens is 1. The molecule has 0 atom stereocenters. The van der Waals surface area contributed by atoms with Gasteiger partial charge in [0.05, 0.1) is 14.2 Å². The molecule has 4 heteroatoms. The molecule has 0 aliphatic heterocycles. The highest BCUT2D eigenvalue weighted by Gasteiger charge is 2.12. The Bertz CT molecular complexity index is 1050. The average Bonchev–Trinajstić information content (AvgIpc) is 3.11. The Balaban J connectivity index is 1.81. The van der Waals surface area contributed by atoms with Gasteiger partial charge in [-0.05, 0) is 59.0 Å². The molecule has 4 aromatic rings. The molecule has 0 saturated carbocycles. The van der Waals surface area contributed by atoms with Gasteiger partial charge in [-0.25, -0.2) is 4.98 Å². The van der Waals surface area contributed by atoms with Crippen molar-refractivity contribution in [2.24, 2.45) is 0 Å². The lowest BCUT2D eigenvalue weighted by Crippen LogP contribution is -1.91. The molecule has 0 saturated heterocycles. The second-order valence-electron chi connectivity index (χ2n) is 6.16. The van der Waals surface area contributed by atoms with Crippen LogP contribution in [-0.2, 0) is 6.42 Å². The van der Waals surface area contributed by atoms with Crippen molar-refractivity contribution in [3.63, 3.8) is 0 Å². The van der Waals surface area contributed by atoms with E-state index in [1.54, 1.807) is 14.2 Å². The van der Waals surface area contributed by atoms with Crippen LogP contribution in [-0.4, -0.2) is 24.2 Å². The van der Waals surface area contributed by atoms with Gasteiger partial charge in [-0.15, -0.1) is 0 Å². The van der Waals surface area contributed by atoms with E-state index in [-0.39, 0.29) is 0 Å². The summed E-state index contributed by atoms with van der Waals surface area (Å²) in [5, 5.41) is 1.14. The molecule has 2 aromatic heterocycles. The Morgan fingerprint density at radius 1 is 0.923 bits per heavy atom. The van der Waals surface area contributed by atoms with E-state index in [0.29, 0.717) is 0 Å². The van der Waals surface area contributed by atoms with Gasteiger partial charge in [-0.1, -0.05) is 24.3 Å². The molecule has 0 fully saturated rings. The monoisotopic (exact) mass is 344 g/mol. The molecule has 0 bridgehead atoms. The predicted molar refractivity (Wildman–Crippen MR) is 104 cm³/mol. The summed E-state index contributed by atoms with van der Waals surface area (Å²) < 4.78 is 10.7. The Labute approximate surface area is 152 Å². The summed E-state index contributed by atoms with van der Waals surface area (Å²) >= 11 is 0. The Morgan fingerprint density at radius 2 is 1.69 bits per heavy atom. The van der Waals surface area contributed by atoms with Gasteiger partial charge in [0.15, 0.2) is 0 Å². The molecule has 130 valence electrons. The van der Waals surface area contributed by atoms with Crippen LogP contribution < -0.4 is 9.47 Å². The van der Waals surface area contributed by atoms with Crippen molar-refractivity contribution in [1.82, 2.24) is 9.97 Å². The molecule has 4 nitrogen and oxygen atoms in total. The number of aromatic nitrogens is 2. The number of methoxy groups -OCH3 is 2. The summed E-state index contributed by atoms with van der Waals surface area (Å²) in [7, 11) is 3.38. The minimum atomic E-state index is 0.805. The first-order chi connectivity index (χ1) is 12.8. The van der Waals surface area contributed by atoms with E-state index in [1.165, 1.54) is 11.1 Å². The molecule has 0 unspecified atom stereocenters. The highest BCUT2D eigenvalue weighted by molar-refractivity contribution is 5.96. The number of pyridine rings is 1. The second kappa shape index (κ2) is 6.92. The number of fused-ring (bicyclic) bond motifs is 1. The van der Waals surface area contributed by atoms with Crippen molar-refractivity contribution in [2.75, 3.05) is 14.2 Å². The Hall–Kier alpha value is -3.27. The fourth-order valence-electron chi connectivity index (χ4n) is 3.30. The van der Waals surface area contributed by atoms with E-state index in [1.807, 2.05) is 36.7 Å². The third-order valence-electron chi connectivity index (χ3n) is 4.56. The third-order valence-corrected chi connectivity index (χ3v) is 4.56. The molecule has 0 radical (unpaired) electrons. The summed E-state index contributed by atoms with van der Waals surface area (Å²) in [5.74, 6) is 1.71. The molecule has 2 aromatic carbocycles. The molecule has 4 rings (SSSR count). The molecule has 0 aliphatic carbocycles. The number of benzene rings is 2. The van der Waals surface area contributed by atoms with E-state index in [9.17, 15) is 0 Å². The molecule has 0 spiro atoms. The van der Waals surface area contributed by atoms with Crippen molar-refractivity contribution in [2.45, 2.75) is 6.42 Å². The number of aromatic amines is 1. The fraction of sp³-hybridized carbons (Fsp3) is 0.136. The summed E-state index contributed by atoms with van der Waals surface area (Å²) in [5.41, 5.74) is 5.56. The largest absolute Gasteiger partial charge is 0.497 e. The van der Waals surface area contributed by atoms with E-state index in [4.69, 9.17) is 9.47 Å². The van der Waals surface area contributed by atoms with Gasteiger partial charge < -0.3 is 14.5 Å². The van der Waals surface area contributed by atoms with Crippen LogP contribution in [0.25, 0.3) is 22.2 Å². The van der Waals surface area contributed by atoms with Gasteiger partial charge in [0.25, 0.3) is 0 Å². The first kappa shape index (κ1) is 16.2. The minimum Gasteiger partial charge on any atom is -0.497 e. The van der Waals surface area contributed by atoms with E-state index in [0.717, 1.165) is 40.1 Å². The van der Waals surface area contributed by atoms with Gasteiger partial charge in [0.2, 0.25) is 0 Å². The molecule has 0 amide bonds. The molecule has 26 heavy (non-hydrogen) atoms. The molecular weight excluding hydrogens is 324 g/mol. The molecular formula is C22H20N2O2. The fourth-order valence-corrected chi connectivity index (χ4v) is 3.30. The van der Waals surface area contributed by atoms with Crippen molar-refractivity contribution in [3.8, 4) is 22.6 Å². The lowest BCUT2D eigenvalue weighted by Gasteiger charge is -2.09. The number of ether oxygens (including phenoxy) is 2. The van der Waals surface area contributed by atoms with Crippen LogP contribution in [0.4, 0.5) is 0 Å². The van der Waals surface area contributed by atoms with Crippen LogP contribution in [0.2, 0.25) is 0 Å². The van der Waals surface area contributed by atoms with E-state index >= 15 is 0 Å². The summed E-state index contributed by atoms with van der Waals surface area (Å²) in [6.45, 7) is 0. The average molecular weight is 344 g/mol. The van der Waals surface area contributed by atoms with Crippen LogP contribution in [0.15, 0.2) is 67.0 Å². The van der Waals surface area contributed by atoms with Gasteiger partial charge in [0.1, 0.15) is 17.1 Å². The second-order valence-corrected chi connectivity index (χ2v) is 6.16. The third kappa shape index (κ3) is 3.02. The minimum absolute atomic E-state index is 0.805. The molecule has 2 heterocycles. The van der Waals surface area contributed by atoms with E-state index < -0.39 is 0 Å². The van der Waals surface area contributed by atoms with Crippen LogP contribution >= 0.6 is 0 Å². The first-order valence-corrected chi connectivity index (χ1v) is 8.51. The highest BCUT2D eigenvalue weighted by atomic mass is 16.5. The first-order valence-electron chi connectivity index (χ1n) is 8.51. The normalized spacial score (nSPS) is 10.8. The van der Waals surface area contributed by atoms with Crippen molar-refractivity contribution >= 4 is 11.0 Å². The molecule has 1 N–H and O–H groups in total. The van der Waals surface area contributed by atoms with Gasteiger partial charge >= 0.3 is 0 Å². The quantitative estimate of drug-likeness (QED) is 0.564. The predicted octanol–water partition coefficient (Wildman–Crippen LogP) is 4.84. The van der Waals surface area contributed by atoms with Gasteiger partial charge in [-0.3, -0.25) is 0 Å². The highest BCUT2D eigenvalue weighted by Crippen LogP contribution is 2.33. The maximum atomic E-state index is 5.38. The topological polar surface area (TPSA) is 47.1 Å². The van der Waals surface area contributed by atoms with Crippen molar-refractivity contribution in [3.05, 3.63) is 78.1 Å². The number of rotatable bonds is 5. The van der Waals surface area contributed by atoms with Crippen LogP contribution in [0.1, 0.15) is 11.1 Å². The van der Waals surface area contributed by atoms with Crippen molar-refractivity contribution in [1.29, 1.82) is 0 Å². The lowest BCUT2D eigenvalue weighted by atomic mass is 9.98. The number of hydrogen-bond acceptors (Lipinski definition) is 3. The molecule has 0 aliphatic rings. The number of nitrogens with one attached hydrogen (secondary N) is 1. The van der Waals surface area contributed by atoms with Gasteiger partial charge in [0, 0.05) is 17.8 Å². The summed E-state index contributed by atoms with van der Waals surface area (Å²) in [6, 6.07) is 18.3. The van der Waals surface area contributed by atoms with Crippen LogP contribution in [0, 0.1) is 0 Å². The maximum Gasteiger partial charge on any atom is 0.138 e. The van der Waals surface area contributed by atoms with Crippen LogP contribution in [0.3, 0.4) is 0 Å². The lowest BCUT2D eigenvalue weighted by molar-refractivity contribution is 0.414. The summed E-state index contributed by atoms with van der Waals surface area (Å²) in [4.78, 5) is 7.80. The zero-order valence-corrected chi connectivity index (χ0v) is 14.8. The van der Waals surface area contributed by atoms with E-state index in [2.05, 4.69) is 40.3 Å². The Kier molecular flexibility index (Phi) is 4.32. The number of hydrogen-bond donors (Lipinski definition) is 1. The van der Waals surface area contributed by atoms with Crippen LogP contribution in [0.5, 0.6) is 11.5 Å². The summed E-state index contributed by atoms with van der Waals surface area (Å²) in [6.07, 6.45) is 4.68. The Morgan fingerprint density at radius 3 is 2.50 bits per heavy atom. The number of nitrogens with zero attached hydrogens (tertiary/aromatic N) is 1. The SMILES string of the molecule is COc1cccc(Cc2c[nH]c3nccc(-c4cccc(OC)c4)c23)c1. The zero-order valence-electron chi connectivity index (χ0n) is 14.8. The van der Waals surface area contributed by atoms with Crippen molar-refractivity contribution < 1.29 is 9.47 Å². The zero-order chi connectivity index (χ0) is 17.9. The smallest absolute Gasteiger partial charge is 0.138 e. The standard InChI is InChI=1S/C22H20N2O2/c1-25-18-7-3-5-15(12-18)11-17-14-24-22-21(17)20(9-10-23-22)16-6-4-8-19(13-16)26-2/h3-10,12-14H,11H2,1-2H3,(H,23,24).